The molecule has 0 atom stereocenters. The molecule has 0 fully saturated rings. The molecule has 0 unspecified atom stereocenters. The first-order valence-electron chi connectivity index (χ1n) is 5.29. The Morgan fingerprint density at radius 2 is 2.28 bits per heavy atom. The van der Waals surface area contributed by atoms with Crippen LogP contribution in [0.3, 0.4) is 0 Å². The molecule has 1 heterocycles. The molecule has 1 N–H and O–H groups in total. The lowest BCUT2D eigenvalue weighted by Gasteiger charge is -2.13. The topological polar surface area (TPSA) is 34.1 Å². The van der Waals surface area contributed by atoms with Gasteiger partial charge in [0.2, 0.25) is 0 Å². The summed E-state index contributed by atoms with van der Waals surface area (Å²) < 4.78 is 19.1. The lowest BCUT2D eigenvalue weighted by atomic mass is 10.2. The number of rotatable bonds is 4. The molecule has 0 aliphatic carbocycles. The Morgan fingerprint density at radius 3 is 2.89 bits per heavy atom. The number of nitrogens with zero attached hydrogens (tertiary/aromatic N) is 1. The molecule has 18 heavy (non-hydrogen) atoms. The second-order valence-electron chi connectivity index (χ2n) is 3.69. The van der Waals surface area contributed by atoms with Crippen molar-refractivity contribution in [3.05, 3.63) is 39.1 Å². The summed E-state index contributed by atoms with van der Waals surface area (Å²) in [4.78, 5) is 4.96. The predicted molar refractivity (Wildman–Crippen MR) is 72.1 cm³/mol. The van der Waals surface area contributed by atoms with E-state index in [-0.39, 0.29) is 5.82 Å². The predicted octanol–water partition coefficient (Wildman–Crippen LogP) is 3.86. The first-order chi connectivity index (χ1) is 8.61. The zero-order chi connectivity index (χ0) is 13.1. The van der Waals surface area contributed by atoms with Gasteiger partial charge in [0.05, 0.1) is 19.3 Å². The van der Waals surface area contributed by atoms with Crippen molar-refractivity contribution in [1.82, 2.24) is 4.98 Å². The van der Waals surface area contributed by atoms with Crippen LogP contribution in [0.2, 0.25) is 4.47 Å². The van der Waals surface area contributed by atoms with Gasteiger partial charge < -0.3 is 10.1 Å². The van der Waals surface area contributed by atoms with Gasteiger partial charge in [-0.15, -0.1) is 11.3 Å². The highest BCUT2D eigenvalue weighted by atomic mass is 35.5. The minimum atomic E-state index is -0.279. The van der Waals surface area contributed by atoms with Crippen LogP contribution in [0, 0.1) is 12.7 Å². The number of hydrogen-bond donors (Lipinski definition) is 1. The fourth-order valence-electron chi connectivity index (χ4n) is 1.62. The first-order valence-corrected chi connectivity index (χ1v) is 6.48. The van der Waals surface area contributed by atoms with E-state index in [0.29, 0.717) is 22.3 Å². The van der Waals surface area contributed by atoms with Gasteiger partial charge in [-0.1, -0.05) is 11.6 Å². The molecule has 2 rings (SSSR count). The SMILES string of the molecule is COc1c(NCc2cnc(Cl)s2)ccc(F)c1C. The number of thiazole rings is 1. The molecule has 1 aromatic carbocycles. The quantitative estimate of drug-likeness (QED) is 0.926. The second-order valence-corrected chi connectivity index (χ2v) is 5.38. The lowest BCUT2D eigenvalue weighted by Crippen LogP contribution is -2.02. The molecule has 0 aliphatic rings. The van der Waals surface area contributed by atoms with E-state index in [2.05, 4.69) is 10.3 Å². The van der Waals surface area contributed by atoms with Crippen LogP contribution >= 0.6 is 22.9 Å². The Hall–Kier alpha value is -1.33. The highest BCUT2D eigenvalue weighted by molar-refractivity contribution is 7.15. The third-order valence-corrected chi connectivity index (χ3v) is 3.64. The van der Waals surface area contributed by atoms with Crippen molar-refractivity contribution in [2.24, 2.45) is 0 Å². The van der Waals surface area contributed by atoms with Gasteiger partial charge in [-0.25, -0.2) is 9.37 Å². The molecular weight excluding hydrogens is 275 g/mol. The van der Waals surface area contributed by atoms with Crippen LogP contribution in [0.25, 0.3) is 0 Å². The smallest absolute Gasteiger partial charge is 0.183 e. The van der Waals surface area contributed by atoms with Crippen LogP contribution in [0.1, 0.15) is 10.4 Å². The normalized spacial score (nSPS) is 10.4. The van der Waals surface area contributed by atoms with Crippen molar-refractivity contribution >= 4 is 28.6 Å². The second kappa shape index (κ2) is 5.54. The summed E-state index contributed by atoms with van der Waals surface area (Å²) in [5.74, 6) is 0.240. The lowest BCUT2D eigenvalue weighted by molar-refractivity contribution is 0.409. The Labute approximate surface area is 114 Å². The molecule has 2 aromatic rings. The van der Waals surface area contributed by atoms with E-state index in [9.17, 15) is 4.39 Å². The molecule has 0 radical (unpaired) electrons. The number of anilines is 1. The van der Waals surface area contributed by atoms with Crippen molar-refractivity contribution in [3.63, 3.8) is 0 Å². The van der Waals surface area contributed by atoms with Crippen LogP contribution in [0.15, 0.2) is 18.3 Å². The van der Waals surface area contributed by atoms with Gasteiger partial charge in [-0.05, 0) is 19.1 Å². The van der Waals surface area contributed by atoms with Crippen molar-refractivity contribution < 1.29 is 9.13 Å². The molecule has 0 saturated heterocycles. The molecule has 96 valence electrons. The number of nitrogens with one attached hydrogen (secondary N) is 1. The van der Waals surface area contributed by atoms with E-state index in [4.69, 9.17) is 16.3 Å². The van der Waals surface area contributed by atoms with E-state index >= 15 is 0 Å². The molecule has 6 heteroatoms. The summed E-state index contributed by atoms with van der Waals surface area (Å²) in [6.45, 7) is 2.26. The third kappa shape index (κ3) is 2.73. The first kappa shape index (κ1) is 13.1. The molecule has 1 aromatic heterocycles. The standard InChI is InChI=1S/C12H12ClFN2OS/c1-7-9(14)3-4-10(11(7)17-2)15-5-8-6-16-12(13)18-8/h3-4,6,15H,5H2,1-2H3. The van der Waals surface area contributed by atoms with Crippen molar-refractivity contribution in [2.75, 3.05) is 12.4 Å². The Bertz CT molecular complexity index is 559. The van der Waals surface area contributed by atoms with Crippen LogP contribution in [0.5, 0.6) is 5.75 Å². The molecular formula is C12H12ClFN2OS. The molecule has 0 bridgehead atoms. The van der Waals surface area contributed by atoms with Crippen LogP contribution in [-0.4, -0.2) is 12.1 Å². The number of methoxy groups -OCH3 is 1. The summed E-state index contributed by atoms with van der Waals surface area (Å²) in [5.41, 5.74) is 1.24. The van der Waals surface area contributed by atoms with Crippen LogP contribution < -0.4 is 10.1 Å². The maximum absolute atomic E-state index is 13.4. The summed E-state index contributed by atoms with van der Waals surface area (Å²) in [6.07, 6.45) is 1.71. The monoisotopic (exact) mass is 286 g/mol. The van der Waals surface area contributed by atoms with Gasteiger partial charge in [0.1, 0.15) is 11.6 Å². The molecule has 3 nitrogen and oxygen atoms in total. The van der Waals surface area contributed by atoms with E-state index < -0.39 is 0 Å². The van der Waals surface area contributed by atoms with E-state index in [0.717, 1.165) is 10.6 Å². The van der Waals surface area contributed by atoms with Crippen molar-refractivity contribution in [2.45, 2.75) is 13.5 Å². The summed E-state index contributed by atoms with van der Waals surface area (Å²) in [5, 5.41) is 3.18. The van der Waals surface area contributed by atoms with E-state index in [1.807, 2.05) is 0 Å². The third-order valence-electron chi connectivity index (χ3n) is 2.52. The number of halogens is 2. The highest BCUT2D eigenvalue weighted by Gasteiger charge is 2.10. The van der Waals surface area contributed by atoms with E-state index in [1.165, 1.54) is 24.5 Å². The fourth-order valence-corrected chi connectivity index (χ4v) is 2.54. The van der Waals surface area contributed by atoms with Gasteiger partial charge >= 0.3 is 0 Å². The summed E-state index contributed by atoms with van der Waals surface area (Å²) >= 11 is 7.16. The highest BCUT2D eigenvalue weighted by Crippen LogP contribution is 2.31. The molecule has 0 saturated carbocycles. The maximum atomic E-state index is 13.4. The number of hydrogen-bond acceptors (Lipinski definition) is 4. The molecule has 0 spiro atoms. The van der Waals surface area contributed by atoms with Crippen LogP contribution in [-0.2, 0) is 6.54 Å². The van der Waals surface area contributed by atoms with Gasteiger partial charge in [-0.3, -0.25) is 0 Å². The Kier molecular flexibility index (Phi) is 4.04. The van der Waals surface area contributed by atoms with Gasteiger partial charge in [0.15, 0.2) is 4.47 Å². The summed E-state index contributed by atoms with van der Waals surface area (Å²) in [6, 6.07) is 3.07. The number of ether oxygens (including phenoxy) is 1. The zero-order valence-corrected chi connectivity index (χ0v) is 11.5. The maximum Gasteiger partial charge on any atom is 0.183 e. The number of aromatic nitrogens is 1. The Balaban J connectivity index is 2.16. The largest absolute Gasteiger partial charge is 0.494 e. The van der Waals surface area contributed by atoms with Gasteiger partial charge in [0.25, 0.3) is 0 Å². The summed E-state index contributed by atoms with van der Waals surface area (Å²) in [7, 11) is 1.52. The molecule has 0 aliphatic heterocycles. The van der Waals surface area contributed by atoms with Crippen molar-refractivity contribution in [3.8, 4) is 5.75 Å². The fraction of sp³-hybridized carbons (Fsp3) is 0.250. The van der Waals surface area contributed by atoms with Gasteiger partial charge in [-0.2, -0.15) is 0 Å². The van der Waals surface area contributed by atoms with E-state index in [1.54, 1.807) is 19.2 Å². The zero-order valence-electron chi connectivity index (χ0n) is 9.96. The van der Waals surface area contributed by atoms with Crippen LogP contribution in [0.4, 0.5) is 10.1 Å². The average Bonchev–Trinajstić information content (AvgIpc) is 2.77. The minimum Gasteiger partial charge on any atom is -0.494 e. The number of benzene rings is 1. The minimum absolute atomic E-state index is 0.279. The molecule has 0 amide bonds. The Morgan fingerprint density at radius 1 is 1.50 bits per heavy atom. The van der Waals surface area contributed by atoms with Gasteiger partial charge in [0, 0.05) is 16.6 Å². The average molecular weight is 287 g/mol. The van der Waals surface area contributed by atoms with Crippen molar-refractivity contribution in [1.29, 1.82) is 0 Å².